The first-order valence-electron chi connectivity index (χ1n) is 4.23. The molecule has 0 atom stereocenters. The summed E-state index contributed by atoms with van der Waals surface area (Å²) in [6.07, 6.45) is 0. The van der Waals surface area contributed by atoms with E-state index in [2.05, 4.69) is 10.5 Å². The summed E-state index contributed by atoms with van der Waals surface area (Å²) < 4.78 is 0. The van der Waals surface area contributed by atoms with Crippen molar-refractivity contribution in [1.82, 2.24) is 0 Å². The quantitative estimate of drug-likeness (QED) is 0.553. The molecule has 0 aliphatic rings. The van der Waals surface area contributed by atoms with Crippen LogP contribution in [0.2, 0.25) is 0 Å². The third-order valence-electron chi connectivity index (χ3n) is 1.65. The van der Waals surface area contributed by atoms with Crippen molar-refractivity contribution in [1.29, 1.82) is 0 Å². The van der Waals surface area contributed by atoms with E-state index in [4.69, 9.17) is 5.11 Å². The lowest BCUT2D eigenvalue weighted by atomic mass is 10.3. The molecule has 0 aromatic heterocycles. The van der Waals surface area contributed by atoms with Crippen LogP contribution in [-0.2, 0) is 4.79 Å². The van der Waals surface area contributed by atoms with Crippen LogP contribution in [0.15, 0.2) is 35.4 Å². The van der Waals surface area contributed by atoms with Crippen molar-refractivity contribution in [2.24, 2.45) is 5.10 Å². The number of nitrogens with one attached hydrogen (secondary N) is 1. The second-order valence-corrected chi connectivity index (χ2v) is 2.75. The van der Waals surface area contributed by atoms with Crippen molar-refractivity contribution < 1.29 is 9.90 Å². The molecule has 74 valence electrons. The lowest BCUT2D eigenvalue weighted by Crippen LogP contribution is -2.16. The molecule has 4 heteroatoms. The van der Waals surface area contributed by atoms with Crippen LogP contribution in [0, 0.1) is 0 Å². The smallest absolute Gasteiger partial charge is 0.178 e. The van der Waals surface area contributed by atoms with Crippen LogP contribution >= 0.6 is 0 Å². The Morgan fingerprint density at radius 1 is 1.43 bits per heavy atom. The van der Waals surface area contributed by atoms with Crippen molar-refractivity contribution in [2.45, 2.75) is 6.92 Å². The molecule has 0 saturated carbocycles. The molecule has 0 spiro atoms. The Kier molecular flexibility index (Phi) is 3.82. The third kappa shape index (κ3) is 2.99. The van der Waals surface area contributed by atoms with Crippen LogP contribution in [0.3, 0.4) is 0 Å². The van der Waals surface area contributed by atoms with Gasteiger partial charge in [-0.15, -0.1) is 0 Å². The second kappa shape index (κ2) is 5.14. The van der Waals surface area contributed by atoms with E-state index in [0.717, 1.165) is 5.69 Å². The number of carbonyl (C=O) groups is 1. The van der Waals surface area contributed by atoms with Gasteiger partial charge in [0.2, 0.25) is 0 Å². The number of anilines is 1. The van der Waals surface area contributed by atoms with Gasteiger partial charge >= 0.3 is 0 Å². The Bertz CT molecular complexity index is 333. The number of hydrogen-bond donors (Lipinski definition) is 2. The highest BCUT2D eigenvalue weighted by Crippen LogP contribution is 2.04. The van der Waals surface area contributed by atoms with E-state index in [0.29, 0.717) is 0 Å². The Balaban J connectivity index is 2.66. The van der Waals surface area contributed by atoms with Crippen LogP contribution in [0.5, 0.6) is 0 Å². The minimum Gasteiger partial charge on any atom is -0.390 e. The number of carbonyl (C=O) groups excluding carboxylic acids is 1. The molecular formula is C10H12N2O2. The lowest BCUT2D eigenvalue weighted by Gasteiger charge is -2.01. The highest BCUT2D eigenvalue weighted by Gasteiger charge is 2.02. The standard InChI is InChI=1S/C10H12N2O2/c1-8(14)10(7-13)12-11-9-5-3-2-4-6-9/h2-6,11,13H,7H2,1H3/b12-10+. The van der Waals surface area contributed by atoms with Gasteiger partial charge in [0.05, 0.1) is 12.3 Å². The molecule has 2 N–H and O–H groups in total. The molecule has 4 nitrogen and oxygen atoms in total. The Morgan fingerprint density at radius 2 is 2.07 bits per heavy atom. The summed E-state index contributed by atoms with van der Waals surface area (Å²) in [6, 6.07) is 9.22. The Labute approximate surface area is 82.3 Å². The van der Waals surface area contributed by atoms with E-state index in [1.165, 1.54) is 6.92 Å². The number of para-hydroxylation sites is 1. The van der Waals surface area contributed by atoms with Crippen molar-refractivity contribution in [2.75, 3.05) is 12.0 Å². The molecule has 1 aromatic carbocycles. The topological polar surface area (TPSA) is 61.7 Å². The van der Waals surface area contributed by atoms with Crippen molar-refractivity contribution >= 4 is 17.2 Å². The van der Waals surface area contributed by atoms with Crippen molar-refractivity contribution in [3.63, 3.8) is 0 Å². The molecule has 0 fully saturated rings. The van der Waals surface area contributed by atoms with Gasteiger partial charge in [0.15, 0.2) is 5.78 Å². The second-order valence-electron chi connectivity index (χ2n) is 2.75. The molecule has 0 aliphatic carbocycles. The molecular weight excluding hydrogens is 180 g/mol. The summed E-state index contributed by atoms with van der Waals surface area (Å²) >= 11 is 0. The van der Waals surface area contributed by atoms with Crippen molar-refractivity contribution in [3.8, 4) is 0 Å². The number of ketones is 1. The van der Waals surface area contributed by atoms with Crippen LogP contribution in [-0.4, -0.2) is 23.2 Å². The Morgan fingerprint density at radius 3 is 2.57 bits per heavy atom. The molecule has 0 radical (unpaired) electrons. The zero-order chi connectivity index (χ0) is 10.4. The largest absolute Gasteiger partial charge is 0.390 e. The zero-order valence-electron chi connectivity index (χ0n) is 7.90. The number of hydrogen-bond acceptors (Lipinski definition) is 4. The summed E-state index contributed by atoms with van der Waals surface area (Å²) in [6.45, 7) is 1.01. The number of rotatable bonds is 4. The summed E-state index contributed by atoms with van der Waals surface area (Å²) in [5, 5.41) is 12.6. The van der Waals surface area contributed by atoms with Crippen LogP contribution in [0.1, 0.15) is 6.92 Å². The van der Waals surface area contributed by atoms with E-state index >= 15 is 0 Å². The molecule has 0 unspecified atom stereocenters. The first-order valence-corrected chi connectivity index (χ1v) is 4.23. The average Bonchev–Trinajstić information content (AvgIpc) is 2.20. The minimum absolute atomic E-state index is 0.119. The number of hydrazone groups is 1. The first kappa shape index (κ1) is 10.4. The molecule has 0 saturated heterocycles. The number of benzene rings is 1. The highest BCUT2D eigenvalue weighted by atomic mass is 16.3. The van der Waals surface area contributed by atoms with E-state index in [9.17, 15) is 4.79 Å². The zero-order valence-corrected chi connectivity index (χ0v) is 7.90. The maximum Gasteiger partial charge on any atom is 0.178 e. The van der Waals surface area contributed by atoms with Gasteiger partial charge in [-0.2, -0.15) is 5.10 Å². The molecule has 0 bridgehead atoms. The lowest BCUT2D eigenvalue weighted by molar-refractivity contribution is -0.111. The summed E-state index contributed by atoms with van der Waals surface area (Å²) in [4.78, 5) is 10.9. The maximum absolute atomic E-state index is 10.9. The van der Waals surface area contributed by atoms with E-state index in [-0.39, 0.29) is 18.1 Å². The van der Waals surface area contributed by atoms with Gasteiger partial charge < -0.3 is 5.11 Å². The summed E-state index contributed by atoms with van der Waals surface area (Å²) in [5.41, 5.74) is 3.58. The van der Waals surface area contributed by atoms with Gasteiger partial charge in [0, 0.05) is 6.92 Å². The van der Waals surface area contributed by atoms with Crippen LogP contribution < -0.4 is 5.43 Å². The molecule has 1 aromatic rings. The van der Waals surface area contributed by atoms with E-state index in [1.807, 2.05) is 30.3 Å². The average molecular weight is 192 g/mol. The Hall–Kier alpha value is -1.68. The molecule has 14 heavy (non-hydrogen) atoms. The van der Waals surface area contributed by atoms with Gasteiger partial charge in [-0.25, -0.2) is 0 Å². The van der Waals surface area contributed by atoms with Gasteiger partial charge in [-0.1, -0.05) is 18.2 Å². The number of aliphatic hydroxyl groups is 1. The molecule has 0 amide bonds. The van der Waals surface area contributed by atoms with Gasteiger partial charge in [-0.3, -0.25) is 10.2 Å². The highest BCUT2D eigenvalue weighted by molar-refractivity contribution is 6.39. The SMILES string of the molecule is CC(=O)/C(CO)=N/Nc1ccccc1. The third-order valence-corrected chi connectivity index (χ3v) is 1.65. The van der Waals surface area contributed by atoms with E-state index < -0.39 is 0 Å². The van der Waals surface area contributed by atoms with Gasteiger partial charge in [-0.05, 0) is 12.1 Å². The van der Waals surface area contributed by atoms with Gasteiger partial charge in [0.25, 0.3) is 0 Å². The fourth-order valence-corrected chi connectivity index (χ4v) is 0.870. The normalized spacial score (nSPS) is 11.1. The fraction of sp³-hybridized carbons (Fsp3) is 0.200. The predicted octanol–water partition coefficient (Wildman–Crippen LogP) is 1.04. The molecule has 0 heterocycles. The predicted molar refractivity (Wildman–Crippen MR) is 55.3 cm³/mol. The number of Topliss-reactive ketones (excluding diaryl/α,β-unsaturated/α-hetero) is 1. The molecule has 0 aliphatic heterocycles. The van der Waals surface area contributed by atoms with Crippen molar-refractivity contribution in [3.05, 3.63) is 30.3 Å². The maximum atomic E-state index is 10.9. The summed E-state index contributed by atoms with van der Waals surface area (Å²) in [7, 11) is 0. The van der Waals surface area contributed by atoms with Crippen LogP contribution in [0.4, 0.5) is 5.69 Å². The number of aliphatic hydroxyl groups excluding tert-OH is 1. The summed E-state index contributed by atoms with van der Waals surface area (Å²) in [5.74, 6) is -0.240. The van der Waals surface area contributed by atoms with Crippen LogP contribution in [0.25, 0.3) is 0 Å². The van der Waals surface area contributed by atoms with Gasteiger partial charge in [0.1, 0.15) is 5.71 Å². The molecule has 1 rings (SSSR count). The fourth-order valence-electron chi connectivity index (χ4n) is 0.870. The first-order chi connectivity index (χ1) is 6.74. The number of nitrogens with zero attached hydrogens (tertiary/aromatic N) is 1. The monoisotopic (exact) mass is 192 g/mol. The van der Waals surface area contributed by atoms with E-state index in [1.54, 1.807) is 0 Å². The minimum atomic E-state index is -0.352.